The molecule has 3 atom stereocenters. The normalized spacial score (nSPS) is 22.5. The van der Waals surface area contributed by atoms with E-state index in [4.69, 9.17) is 4.74 Å². The zero-order valence-corrected chi connectivity index (χ0v) is 22.6. The van der Waals surface area contributed by atoms with Crippen molar-refractivity contribution in [3.63, 3.8) is 0 Å². The minimum atomic E-state index is -0.964. The van der Waals surface area contributed by atoms with Crippen LogP contribution in [0.4, 0.5) is 5.69 Å². The standard InChI is InChI=1S/C35H27NO5/c1-19-11-13-21(14-12-19)32(37)20(2)41-35(40)22-15-17-23(18-16-22)36-33(38)30-28-24-7-3-4-8-25(24)29(31(30)34(36)39)27-10-6-5-9-26(27)28/h3-18,20,28-31H,1-2H3/t20-,28?,29?,30+,31+/m0/s1. The van der Waals surface area contributed by atoms with Crippen LogP contribution in [0.2, 0.25) is 0 Å². The van der Waals surface area contributed by atoms with Gasteiger partial charge in [-0.15, -0.1) is 0 Å². The Labute approximate surface area is 237 Å². The highest BCUT2D eigenvalue weighted by Crippen LogP contribution is 2.61. The van der Waals surface area contributed by atoms with Crippen molar-refractivity contribution in [1.29, 1.82) is 0 Å². The van der Waals surface area contributed by atoms with E-state index in [2.05, 4.69) is 24.3 Å². The third-order valence-corrected chi connectivity index (χ3v) is 8.80. The molecule has 1 aliphatic heterocycles. The second-order valence-corrected chi connectivity index (χ2v) is 11.1. The van der Waals surface area contributed by atoms with E-state index in [0.717, 1.165) is 27.8 Å². The lowest BCUT2D eigenvalue weighted by molar-refractivity contribution is -0.122. The predicted octanol–water partition coefficient (Wildman–Crippen LogP) is 5.82. The van der Waals surface area contributed by atoms with E-state index >= 15 is 0 Å². The van der Waals surface area contributed by atoms with E-state index in [0.29, 0.717) is 11.3 Å². The first-order valence-corrected chi connectivity index (χ1v) is 13.8. The summed E-state index contributed by atoms with van der Waals surface area (Å²) in [6.07, 6.45) is -0.964. The van der Waals surface area contributed by atoms with Crippen molar-refractivity contribution in [3.8, 4) is 0 Å². The van der Waals surface area contributed by atoms with E-state index < -0.39 is 23.9 Å². The molecule has 0 saturated carbocycles. The van der Waals surface area contributed by atoms with Crippen molar-refractivity contribution in [2.45, 2.75) is 31.8 Å². The average Bonchev–Trinajstić information content (AvgIpc) is 3.27. The Morgan fingerprint density at radius 1 is 0.659 bits per heavy atom. The van der Waals surface area contributed by atoms with Crippen LogP contribution in [0.1, 0.15) is 67.3 Å². The van der Waals surface area contributed by atoms with Crippen LogP contribution >= 0.6 is 0 Å². The molecule has 202 valence electrons. The maximum Gasteiger partial charge on any atom is 0.338 e. The van der Waals surface area contributed by atoms with Crippen LogP contribution in [0.15, 0.2) is 97.1 Å². The Morgan fingerprint density at radius 3 is 1.56 bits per heavy atom. The van der Waals surface area contributed by atoms with Gasteiger partial charge in [-0.1, -0.05) is 78.4 Å². The number of esters is 1. The minimum absolute atomic E-state index is 0.180. The Morgan fingerprint density at radius 2 is 1.10 bits per heavy atom. The first-order valence-electron chi connectivity index (χ1n) is 13.8. The van der Waals surface area contributed by atoms with Crippen molar-refractivity contribution in [2.24, 2.45) is 11.8 Å². The largest absolute Gasteiger partial charge is 0.451 e. The van der Waals surface area contributed by atoms with Gasteiger partial charge in [-0.25, -0.2) is 9.69 Å². The number of rotatable bonds is 5. The topological polar surface area (TPSA) is 80.8 Å². The number of anilines is 1. The number of hydrogen-bond acceptors (Lipinski definition) is 5. The smallest absolute Gasteiger partial charge is 0.338 e. The molecule has 4 aromatic carbocycles. The number of nitrogens with zero attached hydrogens (tertiary/aromatic N) is 1. The van der Waals surface area contributed by atoms with Gasteiger partial charge < -0.3 is 4.74 Å². The molecule has 4 aliphatic rings. The van der Waals surface area contributed by atoms with Gasteiger partial charge in [-0.05, 0) is 60.4 Å². The Kier molecular flexibility index (Phi) is 5.75. The zero-order chi connectivity index (χ0) is 28.4. The number of ketones is 1. The highest BCUT2D eigenvalue weighted by Gasteiger charge is 2.61. The Hall–Kier alpha value is -4.84. The Balaban J connectivity index is 1.14. The molecule has 0 unspecified atom stereocenters. The third-order valence-electron chi connectivity index (χ3n) is 8.80. The molecule has 4 aromatic rings. The lowest BCUT2D eigenvalue weighted by atomic mass is 9.55. The van der Waals surface area contributed by atoms with Crippen LogP contribution in [-0.2, 0) is 14.3 Å². The molecular formula is C35H27NO5. The van der Waals surface area contributed by atoms with Crippen molar-refractivity contribution < 1.29 is 23.9 Å². The van der Waals surface area contributed by atoms with Crippen LogP contribution in [0.3, 0.4) is 0 Å². The highest BCUT2D eigenvalue weighted by molar-refractivity contribution is 6.23. The van der Waals surface area contributed by atoms with Gasteiger partial charge in [0.2, 0.25) is 17.6 Å². The van der Waals surface area contributed by atoms with E-state index in [1.807, 2.05) is 43.3 Å². The van der Waals surface area contributed by atoms with Gasteiger partial charge in [-0.2, -0.15) is 0 Å². The molecule has 0 radical (unpaired) electrons. The molecular weight excluding hydrogens is 514 g/mol. The molecule has 6 nitrogen and oxygen atoms in total. The van der Waals surface area contributed by atoms with E-state index in [9.17, 15) is 19.2 Å². The zero-order valence-electron chi connectivity index (χ0n) is 22.6. The number of benzene rings is 4. The molecule has 3 aliphatic carbocycles. The second kappa shape index (κ2) is 9.37. The van der Waals surface area contributed by atoms with Gasteiger partial charge in [0.15, 0.2) is 6.10 Å². The summed E-state index contributed by atoms with van der Waals surface area (Å²) in [4.78, 5) is 54.7. The fourth-order valence-electron chi connectivity index (χ4n) is 6.91. The summed E-state index contributed by atoms with van der Waals surface area (Å²) in [6, 6.07) is 29.6. The molecule has 0 aromatic heterocycles. The van der Waals surface area contributed by atoms with Crippen LogP contribution in [0.25, 0.3) is 0 Å². The van der Waals surface area contributed by atoms with E-state index in [1.165, 1.54) is 17.0 Å². The van der Waals surface area contributed by atoms with Gasteiger partial charge in [0.25, 0.3) is 0 Å². The molecule has 1 saturated heterocycles. The van der Waals surface area contributed by atoms with Crippen molar-refractivity contribution in [3.05, 3.63) is 136 Å². The van der Waals surface area contributed by atoms with E-state index in [-0.39, 0.29) is 35.0 Å². The lowest BCUT2D eigenvalue weighted by Gasteiger charge is -2.45. The molecule has 8 rings (SSSR count). The molecule has 1 heterocycles. The Bertz CT molecular complexity index is 1620. The number of imide groups is 1. The number of aryl methyl sites for hydroxylation is 1. The lowest BCUT2D eigenvalue weighted by Crippen LogP contribution is -2.41. The van der Waals surface area contributed by atoms with Crippen LogP contribution in [0, 0.1) is 18.8 Å². The number of carbonyl (C=O) groups is 4. The van der Waals surface area contributed by atoms with Gasteiger partial charge in [-0.3, -0.25) is 14.4 Å². The second-order valence-electron chi connectivity index (χ2n) is 11.1. The number of amides is 2. The van der Waals surface area contributed by atoms with Crippen LogP contribution < -0.4 is 4.90 Å². The quantitative estimate of drug-likeness (QED) is 0.181. The number of ether oxygens (including phenoxy) is 1. The van der Waals surface area contributed by atoms with Gasteiger partial charge >= 0.3 is 5.97 Å². The summed E-state index contributed by atoms with van der Waals surface area (Å²) < 4.78 is 5.44. The van der Waals surface area contributed by atoms with Crippen molar-refractivity contribution in [1.82, 2.24) is 0 Å². The van der Waals surface area contributed by atoms with Gasteiger partial charge in [0, 0.05) is 17.4 Å². The van der Waals surface area contributed by atoms with Crippen molar-refractivity contribution in [2.75, 3.05) is 4.90 Å². The molecule has 41 heavy (non-hydrogen) atoms. The average molecular weight is 542 g/mol. The summed E-state index contributed by atoms with van der Waals surface area (Å²) >= 11 is 0. The molecule has 6 heteroatoms. The van der Waals surface area contributed by atoms with Crippen LogP contribution in [-0.4, -0.2) is 29.7 Å². The molecule has 0 N–H and O–H groups in total. The summed E-state index contributed by atoms with van der Waals surface area (Å²) in [7, 11) is 0. The van der Waals surface area contributed by atoms with Crippen molar-refractivity contribution >= 4 is 29.3 Å². The minimum Gasteiger partial charge on any atom is -0.451 e. The van der Waals surface area contributed by atoms with E-state index in [1.54, 1.807) is 31.2 Å². The number of Topliss-reactive ketones (excluding diaryl/α,β-unsaturated/α-hetero) is 1. The molecule has 0 spiro atoms. The van der Waals surface area contributed by atoms with Gasteiger partial charge in [0.05, 0.1) is 23.1 Å². The summed E-state index contributed by atoms with van der Waals surface area (Å²) in [5.41, 5.74) is 6.62. The monoisotopic (exact) mass is 541 g/mol. The number of carbonyl (C=O) groups excluding carboxylic acids is 4. The highest BCUT2D eigenvalue weighted by atomic mass is 16.5. The number of hydrogen-bond donors (Lipinski definition) is 0. The van der Waals surface area contributed by atoms with Crippen LogP contribution in [0.5, 0.6) is 0 Å². The maximum absolute atomic E-state index is 13.9. The molecule has 2 amide bonds. The summed E-state index contributed by atoms with van der Waals surface area (Å²) in [5.74, 6) is -2.69. The summed E-state index contributed by atoms with van der Waals surface area (Å²) in [6.45, 7) is 3.48. The first kappa shape index (κ1) is 25.1. The fourth-order valence-corrected chi connectivity index (χ4v) is 6.91. The predicted molar refractivity (Wildman–Crippen MR) is 153 cm³/mol. The first-order chi connectivity index (χ1) is 19.8. The maximum atomic E-state index is 13.9. The molecule has 1 fully saturated rings. The SMILES string of the molecule is Cc1ccc(C(=O)[C@H](C)OC(=O)c2ccc(N3C(=O)[C@@H]4C5c6ccccc6C(c6ccccc65)[C@H]4C3=O)cc2)cc1. The molecule has 2 bridgehead atoms. The van der Waals surface area contributed by atoms with Gasteiger partial charge in [0.1, 0.15) is 0 Å². The summed E-state index contributed by atoms with van der Waals surface area (Å²) in [5, 5.41) is 0. The third kappa shape index (κ3) is 3.78. The fraction of sp³-hybridized carbons (Fsp3) is 0.200.